The summed E-state index contributed by atoms with van der Waals surface area (Å²) in [5.41, 5.74) is 1.10. The monoisotopic (exact) mass is 294 g/mol. The Bertz CT molecular complexity index is 440. The maximum atomic E-state index is 5.79. The third kappa shape index (κ3) is 4.33. The summed E-state index contributed by atoms with van der Waals surface area (Å²) in [6, 6.07) is 5.94. The molecule has 0 amide bonds. The maximum Gasteiger partial charge on any atom is 0.165 e. The molecule has 1 aliphatic rings. The molecule has 1 saturated heterocycles. The van der Waals surface area contributed by atoms with Crippen molar-refractivity contribution in [1.82, 2.24) is 10.2 Å². The van der Waals surface area contributed by atoms with Crippen molar-refractivity contribution in [3.63, 3.8) is 0 Å². The molecule has 21 heavy (non-hydrogen) atoms. The van der Waals surface area contributed by atoms with E-state index < -0.39 is 0 Å². The second-order valence-electron chi connectivity index (χ2n) is 5.17. The highest BCUT2D eigenvalue weighted by Gasteiger charge is 2.19. The van der Waals surface area contributed by atoms with Crippen LogP contribution in [0, 0.1) is 0 Å². The van der Waals surface area contributed by atoms with Crippen molar-refractivity contribution >= 4 is 0 Å². The highest BCUT2D eigenvalue weighted by Crippen LogP contribution is 2.30. The molecular weight excluding hydrogens is 268 g/mol. The average Bonchev–Trinajstić information content (AvgIpc) is 2.54. The zero-order valence-corrected chi connectivity index (χ0v) is 13.2. The number of morpholine rings is 1. The predicted molar refractivity (Wildman–Crippen MR) is 83.1 cm³/mol. The van der Waals surface area contributed by atoms with Crippen LogP contribution in [0.1, 0.15) is 12.5 Å². The van der Waals surface area contributed by atoms with Gasteiger partial charge in [-0.1, -0.05) is 19.1 Å². The van der Waals surface area contributed by atoms with Gasteiger partial charge in [-0.3, -0.25) is 4.90 Å². The highest BCUT2D eigenvalue weighted by molar-refractivity contribution is 5.46. The number of methoxy groups -OCH3 is 2. The van der Waals surface area contributed by atoms with Crippen molar-refractivity contribution in [3.05, 3.63) is 23.8 Å². The lowest BCUT2D eigenvalue weighted by molar-refractivity contribution is -0.0253. The SMILES string of the molecule is CCN1CCOC(CNCc2cccc(OC)c2OC)C1. The molecule has 0 spiro atoms. The fourth-order valence-electron chi connectivity index (χ4n) is 2.65. The highest BCUT2D eigenvalue weighted by atomic mass is 16.5. The first-order chi connectivity index (χ1) is 10.3. The Morgan fingerprint density at radius 1 is 1.33 bits per heavy atom. The fourth-order valence-corrected chi connectivity index (χ4v) is 2.65. The number of ether oxygens (including phenoxy) is 3. The minimum Gasteiger partial charge on any atom is -0.493 e. The lowest BCUT2D eigenvalue weighted by atomic mass is 10.1. The van der Waals surface area contributed by atoms with Crippen LogP contribution in [0.4, 0.5) is 0 Å². The van der Waals surface area contributed by atoms with E-state index in [4.69, 9.17) is 14.2 Å². The Balaban J connectivity index is 1.86. The lowest BCUT2D eigenvalue weighted by Crippen LogP contribution is -2.46. The van der Waals surface area contributed by atoms with Gasteiger partial charge in [-0.25, -0.2) is 0 Å². The molecule has 1 fully saturated rings. The number of para-hydroxylation sites is 1. The van der Waals surface area contributed by atoms with E-state index in [2.05, 4.69) is 23.2 Å². The maximum absolute atomic E-state index is 5.79. The van der Waals surface area contributed by atoms with Crippen molar-refractivity contribution in [3.8, 4) is 11.5 Å². The number of benzene rings is 1. The minimum absolute atomic E-state index is 0.260. The largest absolute Gasteiger partial charge is 0.493 e. The summed E-state index contributed by atoms with van der Waals surface area (Å²) >= 11 is 0. The Labute approximate surface area is 127 Å². The Morgan fingerprint density at radius 3 is 2.90 bits per heavy atom. The molecule has 1 heterocycles. The molecule has 1 N–H and O–H groups in total. The molecular formula is C16H26N2O3. The van der Waals surface area contributed by atoms with Gasteiger partial charge in [0.2, 0.25) is 0 Å². The second-order valence-corrected chi connectivity index (χ2v) is 5.17. The standard InChI is InChI=1S/C16H26N2O3/c1-4-18-8-9-21-14(12-18)11-17-10-13-6-5-7-15(19-2)16(13)20-3/h5-7,14,17H,4,8-12H2,1-3H3. The third-order valence-electron chi connectivity index (χ3n) is 3.84. The number of nitrogens with zero attached hydrogens (tertiary/aromatic N) is 1. The fraction of sp³-hybridized carbons (Fsp3) is 0.625. The summed E-state index contributed by atoms with van der Waals surface area (Å²) in [6.45, 7) is 7.72. The molecule has 1 unspecified atom stereocenters. The van der Waals surface area contributed by atoms with Crippen LogP contribution in [0.15, 0.2) is 18.2 Å². The van der Waals surface area contributed by atoms with Gasteiger partial charge in [0.25, 0.3) is 0 Å². The van der Waals surface area contributed by atoms with E-state index >= 15 is 0 Å². The third-order valence-corrected chi connectivity index (χ3v) is 3.84. The number of hydrogen-bond donors (Lipinski definition) is 1. The molecule has 1 atom stereocenters. The van der Waals surface area contributed by atoms with Crippen LogP contribution >= 0.6 is 0 Å². The Hall–Kier alpha value is -1.30. The first-order valence-corrected chi connectivity index (χ1v) is 7.53. The van der Waals surface area contributed by atoms with E-state index in [0.717, 1.165) is 56.4 Å². The van der Waals surface area contributed by atoms with Gasteiger partial charge in [0, 0.05) is 31.7 Å². The van der Waals surface area contributed by atoms with Crippen molar-refractivity contribution in [2.75, 3.05) is 47.0 Å². The molecule has 0 bridgehead atoms. The first kappa shape index (κ1) is 16.1. The van der Waals surface area contributed by atoms with Crippen LogP contribution < -0.4 is 14.8 Å². The van der Waals surface area contributed by atoms with Gasteiger partial charge in [0.1, 0.15) is 0 Å². The smallest absolute Gasteiger partial charge is 0.165 e. The predicted octanol–water partition coefficient (Wildman–Crippen LogP) is 1.51. The van der Waals surface area contributed by atoms with E-state index in [1.54, 1.807) is 14.2 Å². The molecule has 2 rings (SSSR count). The summed E-state index contributed by atoms with van der Waals surface area (Å²) in [4.78, 5) is 2.42. The molecule has 0 radical (unpaired) electrons. The normalized spacial score (nSPS) is 19.5. The number of hydrogen-bond acceptors (Lipinski definition) is 5. The van der Waals surface area contributed by atoms with Gasteiger partial charge >= 0.3 is 0 Å². The molecule has 0 saturated carbocycles. The van der Waals surface area contributed by atoms with Crippen LogP contribution in [0.3, 0.4) is 0 Å². The van der Waals surface area contributed by atoms with E-state index in [1.165, 1.54) is 0 Å². The van der Waals surface area contributed by atoms with Crippen molar-refractivity contribution < 1.29 is 14.2 Å². The molecule has 0 aliphatic carbocycles. The summed E-state index contributed by atoms with van der Waals surface area (Å²) in [6.07, 6.45) is 0.260. The van der Waals surface area contributed by atoms with Gasteiger partial charge < -0.3 is 19.5 Å². The van der Waals surface area contributed by atoms with Crippen molar-refractivity contribution in [2.24, 2.45) is 0 Å². The Morgan fingerprint density at radius 2 is 2.19 bits per heavy atom. The lowest BCUT2D eigenvalue weighted by Gasteiger charge is -2.32. The first-order valence-electron chi connectivity index (χ1n) is 7.53. The summed E-state index contributed by atoms with van der Waals surface area (Å²) in [5, 5.41) is 3.45. The van der Waals surface area contributed by atoms with Crippen molar-refractivity contribution in [2.45, 2.75) is 19.6 Å². The van der Waals surface area contributed by atoms with Gasteiger partial charge in [-0.15, -0.1) is 0 Å². The number of rotatable bonds is 7. The van der Waals surface area contributed by atoms with E-state index in [-0.39, 0.29) is 6.10 Å². The van der Waals surface area contributed by atoms with Gasteiger partial charge in [-0.05, 0) is 12.6 Å². The zero-order chi connectivity index (χ0) is 15.1. The Kier molecular flexibility index (Phi) is 6.29. The van der Waals surface area contributed by atoms with Gasteiger partial charge in [0.05, 0.1) is 26.9 Å². The summed E-state index contributed by atoms with van der Waals surface area (Å²) < 4.78 is 16.5. The average molecular weight is 294 g/mol. The summed E-state index contributed by atoms with van der Waals surface area (Å²) in [7, 11) is 3.33. The quantitative estimate of drug-likeness (QED) is 0.826. The van der Waals surface area contributed by atoms with Crippen LogP contribution in [0.5, 0.6) is 11.5 Å². The van der Waals surface area contributed by atoms with Crippen LogP contribution in [0.25, 0.3) is 0 Å². The molecule has 1 aliphatic heterocycles. The van der Waals surface area contributed by atoms with Crippen LogP contribution in [0.2, 0.25) is 0 Å². The second kappa shape index (κ2) is 8.22. The molecule has 5 heteroatoms. The number of nitrogens with one attached hydrogen (secondary N) is 1. The zero-order valence-electron chi connectivity index (χ0n) is 13.2. The summed E-state index contributed by atoms with van der Waals surface area (Å²) in [5.74, 6) is 1.56. The van der Waals surface area contributed by atoms with Crippen molar-refractivity contribution in [1.29, 1.82) is 0 Å². The molecule has 5 nitrogen and oxygen atoms in total. The van der Waals surface area contributed by atoms with E-state index in [9.17, 15) is 0 Å². The molecule has 118 valence electrons. The van der Waals surface area contributed by atoms with Crippen LogP contribution in [-0.4, -0.2) is 58.0 Å². The molecule has 1 aromatic rings. The van der Waals surface area contributed by atoms with E-state index in [1.807, 2.05) is 12.1 Å². The minimum atomic E-state index is 0.260. The van der Waals surface area contributed by atoms with E-state index in [0.29, 0.717) is 0 Å². The molecule has 1 aromatic carbocycles. The number of likely N-dealkylation sites (N-methyl/N-ethyl adjacent to an activating group) is 1. The van der Waals surface area contributed by atoms with Crippen LogP contribution in [-0.2, 0) is 11.3 Å². The topological polar surface area (TPSA) is 43.0 Å². The molecule has 0 aromatic heterocycles. The van der Waals surface area contributed by atoms with Gasteiger partial charge in [0.15, 0.2) is 11.5 Å². The van der Waals surface area contributed by atoms with Gasteiger partial charge in [-0.2, -0.15) is 0 Å².